The summed E-state index contributed by atoms with van der Waals surface area (Å²) in [4.78, 5) is 25.8. The molecule has 1 aliphatic carbocycles. The zero-order valence-electron chi connectivity index (χ0n) is 21.5. The molecule has 0 radical (unpaired) electrons. The van der Waals surface area contributed by atoms with E-state index in [1.54, 1.807) is 6.07 Å². The lowest BCUT2D eigenvalue weighted by molar-refractivity contribution is -0.157. The first kappa shape index (κ1) is 26.8. The fourth-order valence-corrected chi connectivity index (χ4v) is 6.93. The van der Waals surface area contributed by atoms with E-state index in [4.69, 9.17) is 44.8 Å². The molecule has 2 N–H and O–H groups in total. The van der Waals surface area contributed by atoms with Crippen LogP contribution in [0, 0.1) is 24.2 Å². The molecule has 2 unspecified atom stereocenters. The minimum absolute atomic E-state index is 0.116. The van der Waals surface area contributed by atoms with Crippen LogP contribution in [-0.4, -0.2) is 58.2 Å². The summed E-state index contributed by atoms with van der Waals surface area (Å²) in [7, 11) is 0. The molecule has 3 atom stereocenters. The van der Waals surface area contributed by atoms with Gasteiger partial charge in [-0.1, -0.05) is 40.9 Å². The lowest BCUT2D eigenvalue weighted by atomic mass is 9.66. The van der Waals surface area contributed by atoms with Crippen molar-refractivity contribution in [2.45, 2.75) is 58.5 Å². The molecule has 1 saturated carbocycles. The number of anilines is 2. The van der Waals surface area contributed by atoms with E-state index in [1.165, 1.54) is 6.42 Å². The van der Waals surface area contributed by atoms with Crippen molar-refractivity contribution in [1.82, 2.24) is 14.9 Å². The summed E-state index contributed by atoms with van der Waals surface area (Å²) in [6.07, 6.45) is 3.81. The van der Waals surface area contributed by atoms with Crippen molar-refractivity contribution in [3.8, 4) is 0 Å². The van der Waals surface area contributed by atoms with Crippen molar-refractivity contribution < 1.29 is 9.90 Å². The van der Waals surface area contributed by atoms with Crippen LogP contribution >= 0.6 is 34.8 Å². The van der Waals surface area contributed by atoms with E-state index in [0.717, 1.165) is 56.7 Å². The van der Waals surface area contributed by atoms with E-state index < -0.39 is 11.4 Å². The zero-order chi connectivity index (χ0) is 26.5. The van der Waals surface area contributed by atoms with Gasteiger partial charge in [-0.2, -0.15) is 4.98 Å². The van der Waals surface area contributed by atoms with Gasteiger partial charge in [0.25, 0.3) is 0 Å². The van der Waals surface area contributed by atoms with Gasteiger partial charge in [-0.3, -0.25) is 4.79 Å². The standard InChI is InChI=1S/C27H34Cl3N5O2/c1-15(21-5-4-19(28)10-22(21)29)31-24-23(30)16(2)32-26(33-24)35-9-7-18(14-35)17-6-8-34(13-17)20-11-27(3,12-20)25(36)37/h4-5,10,15,17-18,20H,6-9,11-14H2,1-3H3,(H,36,37)(H,31,32,33)/t15-,17?,18?,20?,27?/m1/s1. The van der Waals surface area contributed by atoms with Crippen LogP contribution in [0.3, 0.4) is 0 Å². The van der Waals surface area contributed by atoms with Gasteiger partial charge < -0.3 is 20.2 Å². The van der Waals surface area contributed by atoms with Gasteiger partial charge in [0.1, 0.15) is 5.02 Å². The Morgan fingerprint density at radius 1 is 1.14 bits per heavy atom. The number of likely N-dealkylation sites (tertiary alicyclic amines) is 1. The number of rotatable bonds is 7. The quantitative estimate of drug-likeness (QED) is 0.406. The molecule has 2 saturated heterocycles. The Morgan fingerprint density at radius 2 is 1.84 bits per heavy atom. The third kappa shape index (κ3) is 5.38. The summed E-state index contributed by atoms with van der Waals surface area (Å²) in [5.74, 6) is 1.85. The maximum Gasteiger partial charge on any atom is 0.309 e. The first-order chi connectivity index (χ1) is 17.5. The second kappa shape index (κ2) is 10.4. The molecule has 7 nitrogen and oxygen atoms in total. The molecule has 3 aliphatic rings. The van der Waals surface area contributed by atoms with Gasteiger partial charge in [0, 0.05) is 35.7 Å². The van der Waals surface area contributed by atoms with Crippen molar-refractivity contribution >= 4 is 52.5 Å². The number of carboxylic acids is 1. The van der Waals surface area contributed by atoms with Crippen LogP contribution < -0.4 is 10.2 Å². The molecule has 1 aromatic carbocycles. The Kier molecular flexibility index (Phi) is 7.53. The van der Waals surface area contributed by atoms with Gasteiger partial charge >= 0.3 is 5.97 Å². The van der Waals surface area contributed by atoms with Gasteiger partial charge in [0.15, 0.2) is 5.82 Å². The first-order valence-electron chi connectivity index (χ1n) is 13.0. The van der Waals surface area contributed by atoms with Crippen molar-refractivity contribution in [3.63, 3.8) is 0 Å². The van der Waals surface area contributed by atoms with Crippen molar-refractivity contribution in [2.24, 2.45) is 17.3 Å². The molecule has 37 heavy (non-hydrogen) atoms. The van der Waals surface area contributed by atoms with Gasteiger partial charge in [-0.25, -0.2) is 4.98 Å². The number of carboxylic acid groups (broad SMARTS) is 1. The smallest absolute Gasteiger partial charge is 0.309 e. The minimum Gasteiger partial charge on any atom is -0.481 e. The Balaban J connectivity index is 1.22. The normalized spacial score (nSPS) is 28.8. The third-order valence-electron chi connectivity index (χ3n) is 8.62. The molecule has 2 aromatic rings. The van der Waals surface area contributed by atoms with Crippen molar-refractivity contribution in [1.29, 1.82) is 0 Å². The number of nitrogens with one attached hydrogen (secondary N) is 1. The largest absolute Gasteiger partial charge is 0.481 e. The van der Waals surface area contributed by atoms with E-state index in [1.807, 2.05) is 32.9 Å². The second-order valence-corrected chi connectivity index (χ2v) is 12.5. The summed E-state index contributed by atoms with van der Waals surface area (Å²) in [6.45, 7) is 9.76. The zero-order valence-corrected chi connectivity index (χ0v) is 23.7. The fourth-order valence-electron chi connectivity index (χ4n) is 6.22. The lowest BCUT2D eigenvalue weighted by Crippen LogP contribution is -2.52. The molecule has 0 spiro atoms. The second-order valence-electron chi connectivity index (χ2n) is 11.3. The Labute approximate surface area is 233 Å². The lowest BCUT2D eigenvalue weighted by Gasteiger charge is -2.46. The van der Waals surface area contributed by atoms with E-state index >= 15 is 0 Å². The van der Waals surface area contributed by atoms with Crippen LogP contribution in [0.2, 0.25) is 15.1 Å². The van der Waals surface area contributed by atoms with Crippen LogP contribution in [0.25, 0.3) is 0 Å². The maximum absolute atomic E-state index is 11.5. The molecule has 3 heterocycles. The average Bonchev–Trinajstić information content (AvgIpc) is 3.49. The SMILES string of the molecule is Cc1nc(N2CCC(C3CCN(C4CC(C)(C(=O)O)C4)C3)C2)nc(N[C@H](C)c2ccc(Cl)cc2Cl)c1Cl. The van der Waals surface area contributed by atoms with E-state index in [9.17, 15) is 9.90 Å². The molecular weight excluding hydrogens is 533 g/mol. The monoisotopic (exact) mass is 565 g/mol. The Morgan fingerprint density at radius 3 is 2.54 bits per heavy atom. The van der Waals surface area contributed by atoms with Gasteiger partial charge in [0.05, 0.1) is 17.2 Å². The molecular formula is C27H34Cl3N5O2. The molecule has 3 fully saturated rings. The van der Waals surface area contributed by atoms with Crippen LogP contribution in [-0.2, 0) is 4.79 Å². The Bertz CT molecular complexity index is 1190. The highest BCUT2D eigenvalue weighted by Crippen LogP contribution is 2.46. The highest BCUT2D eigenvalue weighted by atomic mass is 35.5. The number of carbonyl (C=O) groups is 1. The molecule has 0 amide bonds. The predicted molar refractivity (Wildman–Crippen MR) is 149 cm³/mol. The number of aryl methyl sites for hydroxylation is 1. The van der Waals surface area contributed by atoms with E-state index in [-0.39, 0.29) is 6.04 Å². The van der Waals surface area contributed by atoms with Crippen LogP contribution in [0.4, 0.5) is 11.8 Å². The maximum atomic E-state index is 11.5. The number of halogens is 3. The molecule has 2 aliphatic heterocycles. The number of hydrogen-bond donors (Lipinski definition) is 2. The molecule has 0 bridgehead atoms. The van der Waals surface area contributed by atoms with Crippen molar-refractivity contribution in [3.05, 3.63) is 44.5 Å². The summed E-state index contributed by atoms with van der Waals surface area (Å²) in [5.41, 5.74) is 1.12. The summed E-state index contributed by atoms with van der Waals surface area (Å²) in [6, 6.07) is 5.76. The van der Waals surface area contributed by atoms with Crippen LogP contribution in [0.15, 0.2) is 18.2 Å². The van der Waals surface area contributed by atoms with E-state index in [0.29, 0.717) is 44.7 Å². The highest BCUT2D eigenvalue weighted by molar-refractivity contribution is 6.35. The molecule has 10 heteroatoms. The van der Waals surface area contributed by atoms with Gasteiger partial charge in [-0.05, 0) is 82.5 Å². The number of benzene rings is 1. The average molecular weight is 567 g/mol. The van der Waals surface area contributed by atoms with Gasteiger partial charge in [-0.15, -0.1) is 0 Å². The summed E-state index contributed by atoms with van der Waals surface area (Å²) >= 11 is 19.1. The van der Waals surface area contributed by atoms with Crippen molar-refractivity contribution in [2.75, 3.05) is 36.4 Å². The number of aliphatic carboxylic acids is 1. The molecule has 1 aromatic heterocycles. The Hall–Kier alpha value is -1.80. The third-order valence-corrected chi connectivity index (χ3v) is 9.64. The number of aromatic nitrogens is 2. The van der Waals surface area contributed by atoms with Crippen LogP contribution in [0.5, 0.6) is 0 Å². The first-order valence-corrected chi connectivity index (χ1v) is 14.2. The highest BCUT2D eigenvalue weighted by Gasteiger charge is 2.50. The predicted octanol–water partition coefficient (Wildman–Crippen LogP) is 6.32. The number of hydrogen-bond acceptors (Lipinski definition) is 6. The minimum atomic E-state index is -0.663. The topological polar surface area (TPSA) is 81.6 Å². The summed E-state index contributed by atoms with van der Waals surface area (Å²) < 4.78 is 0. The summed E-state index contributed by atoms with van der Waals surface area (Å²) in [5, 5.41) is 14.6. The van der Waals surface area contributed by atoms with Gasteiger partial charge in [0.2, 0.25) is 5.95 Å². The molecule has 200 valence electrons. The molecule has 5 rings (SSSR count). The van der Waals surface area contributed by atoms with E-state index in [2.05, 4.69) is 15.1 Å². The number of nitrogens with zero attached hydrogens (tertiary/aromatic N) is 4. The fraction of sp³-hybridized carbons (Fsp3) is 0.593. The van der Waals surface area contributed by atoms with Crippen LogP contribution in [0.1, 0.15) is 56.8 Å².